The van der Waals surface area contributed by atoms with Crippen molar-refractivity contribution in [2.75, 3.05) is 13.1 Å². The van der Waals surface area contributed by atoms with Crippen LogP contribution in [0.25, 0.3) is 0 Å². The van der Waals surface area contributed by atoms with Crippen LogP contribution in [0.5, 0.6) is 0 Å². The van der Waals surface area contributed by atoms with E-state index in [1.807, 2.05) is 20.8 Å². The molecule has 19 heavy (non-hydrogen) atoms. The Morgan fingerprint density at radius 1 is 1.53 bits per heavy atom. The van der Waals surface area contributed by atoms with Gasteiger partial charge >= 0.3 is 6.09 Å². The molecule has 1 fully saturated rings. The first-order chi connectivity index (χ1) is 8.85. The maximum absolute atomic E-state index is 11.8. The quantitative estimate of drug-likeness (QED) is 0.926. The first kappa shape index (κ1) is 14.3. The molecule has 1 aromatic rings. The zero-order chi connectivity index (χ0) is 14.0. The highest BCUT2D eigenvalue weighted by Gasteiger charge is 2.34. The third-order valence-corrected chi connectivity index (χ3v) is 4.04. The lowest BCUT2D eigenvalue weighted by Crippen LogP contribution is -2.60. The van der Waals surface area contributed by atoms with Gasteiger partial charge in [-0.3, -0.25) is 0 Å². The number of thiophene rings is 1. The van der Waals surface area contributed by atoms with Crippen molar-refractivity contribution in [2.24, 2.45) is 0 Å². The number of likely N-dealkylation sites (tertiary alicyclic amines) is 1. The zero-order valence-corrected chi connectivity index (χ0v) is 12.8. The van der Waals surface area contributed by atoms with E-state index < -0.39 is 5.60 Å². The van der Waals surface area contributed by atoms with Crippen LogP contribution in [0.15, 0.2) is 17.5 Å². The van der Waals surface area contributed by atoms with Crippen molar-refractivity contribution in [3.8, 4) is 0 Å². The normalized spacial score (nSPS) is 18.0. The van der Waals surface area contributed by atoms with E-state index >= 15 is 0 Å². The van der Waals surface area contributed by atoms with Gasteiger partial charge in [0.1, 0.15) is 5.60 Å². The topological polar surface area (TPSA) is 41.6 Å². The average Bonchev–Trinajstić information content (AvgIpc) is 2.72. The second-order valence-corrected chi connectivity index (χ2v) is 6.97. The minimum absolute atomic E-state index is 0.214. The van der Waals surface area contributed by atoms with Crippen LogP contribution in [-0.4, -0.2) is 35.7 Å². The third-order valence-electron chi connectivity index (χ3n) is 2.99. The van der Waals surface area contributed by atoms with Gasteiger partial charge < -0.3 is 15.0 Å². The SMILES string of the molecule is CC(NC1CN(C(=O)OC(C)(C)C)C1)c1cccs1. The number of hydrogen-bond donors (Lipinski definition) is 1. The third kappa shape index (κ3) is 3.94. The lowest BCUT2D eigenvalue weighted by molar-refractivity contribution is 0.00437. The second kappa shape index (κ2) is 5.51. The van der Waals surface area contributed by atoms with Gasteiger partial charge in [0.05, 0.1) is 0 Å². The average molecular weight is 282 g/mol. The second-order valence-electron chi connectivity index (χ2n) is 5.99. The molecule has 1 aliphatic heterocycles. The molecule has 0 spiro atoms. The molecule has 5 heteroatoms. The number of nitrogens with one attached hydrogen (secondary N) is 1. The number of carbonyl (C=O) groups is 1. The summed E-state index contributed by atoms with van der Waals surface area (Å²) >= 11 is 1.75. The van der Waals surface area contributed by atoms with Crippen LogP contribution in [0.3, 0.4) is 0 Å². The molecule has 1 saturated heterocycles. The molecule has 0 aliphatic carbocycles. The molecule has 1 unspecified atom stereocenters. The Morgan fingerprint density at radius 3 is 2.74 bits per heavy atom. The molecule has 0 bridgehead atoms. The van der Waals surface area contributed by atoms with Crippen LogP contribution in [0.2, 0.25) is 0 Å². The highest BCUT2D eigenvalue weighted by molar-refractivity contribution is 7.10. The molecule has 4 nitrogen and oxygen atoms in total. The summed E-state index contributed by atoms with van der Waals surface area (Å²) in [6.45, 7) is 9.27. The summed E-state index contributed by atoms with van der Waals surface area (Å²) in [7, 11) is 0. The Labute approximate surface area is 118 Å². The van der Waals surface area contributed by atoms with Crippen LogP contribution >= 0.6 is 11.3 Å². The number of carbonyl (C=O) groups excluding carboxylic acids is 1. The van der Waals surface area contributed by atoms with Crippen molar-refractivity contribution in [3.63, 3.8) is 0 Å². The number of hydrogen-bond acceptors (Lipinski definition) is 4. The Bertz CT molecular complexity index is 419. The minimum atomic E-state index is -0.417. The minimum Gasteiger partial charge on any atom is -0.444 e. The van der Waals surface area contributed by atoms with E-state index in [1.54, 1.807) is 16.2 Å². The van der Waals surface area contributed by atoms with Crippen LogP contribution in [-0.2, 0) is 4.74 Å². The molecule has 0 radical (unpaired) electrons. The van der Waals surface area contributed by atoms with E-state index in [2.05, 4.69) is 29.8 Å². The predicted molar refractivity (Wildman–Crippen MR) is 77.5 cm³/mol. The van der Waals surface area contributed by atoms with Gasteiger partial charge in [-0.1, -0.05) is 6.07 Å². The maximum Gasteiger partial charge on any atom is 0.410 e. The highest BCUT2D eigenvalue weighted by Crippen LogP contribution is 2.21. The fourth-order valence-corrected chi connectivity index (χ4v) is 2.78. The predicted octanol–water partition coefficient (Wildman–Crippen LogP) is 3.02. The first-order valence-electron chi connectivity index (χ1n) is 6.62. The molecule has 1 N–H and O–H groups in total. The molecule has 0 aromatic carbocycles. The highest BCUT2D eigenvalue weighted by atomic mass is 32.1. The van der Waals surface area contributed by atoms with Gasteiger partial charge in [-0.15, -0.1) is 11.3 Å². The molecule has 1 aliphatic rings. The number of amides is 1. The van der Waals surface area contributed by atoms with Crippen molar-refractivity contribution in [2.45, 2.75) is 45.4 Å². The van der Waals surface area contributed by atoms with Crippen molar-refractivity contribution >= 4 is 17.4 Å². The summed E-state index contributed by atoms with van der Waals surface area (Å²) in [4.78, 5) is 14.8. The van der Waals surface area contributed by atoms with Gasteiger partial charge in [0.25, 0.3) is 0 Å². The van der Waals surface area contributed by atoms with Crippen molar-refractivity contribution in [1.82, 2.24) is 10.2 Å². The smallest absolute Gasteiger partial charge is 0.410 e. The number of nitrogens with zero attached hydrogens (tertiary/aromatic N) is 1. The lowest BCUT2D eigenvalue weighted by Gasteiger charge is -2.41. The van der Waals surface area contributed by atoms with Crippen LogP contribution in [0, 0.1) is 0 Å². The summed E-state index contributed by atoms with van der Waals surface area (Å²) in [5.74, 6) is 0. The van der Waals surface area contributed by atoms with Gasteiger partial charge in [0.2, 0.25) is 0 Å². The van der Waals surface area contributed by atoms with E-state index in [4.69, 9.17) is 4.74 Å². The summed E-state index contributed by atoms with van der Waals surface area (Å²) in [6, 6.07) is 4.90. The van der Waals surface area contributed by atoms with E-state index in [-0.39, 0.29) is 6.09 Å². The van der Waals surface area contributed by atoms with Crippen LogP contribution < -0.4 is 5.32 Å². The molecule has 106 valence electrons. The monoisotopic (exact) mass is 282 g/mol. The van der Waals surface area contributed by atoms with Crippen molar-refractivity contribution in [3.05, 3.63) is 22.4 Å². The van der Waals surface area contributed by atoms with E-state index in [0.717, 1.165) is 13.1 Å². The van der Waals surface area contributed by atoms with Gasteiger partial charge in [0, 0.05) is 30.1 Å². The summed E-state index contributed by atoms with van der Waals surface area (Å²) in [5, 5.41) is 5.61. The first-order valence-corrected chi connectivity index (χ1v) is 7.50. The molecule has 1 atom stereocenters. The van der Waals surface area contributed by atoms with Gasteiger partial charge in [-0.25, -0.2) is 4.79 Å². The maximum atomic E-state index is 11.8. The largest absolute Gasteiger partial charge is 0.444 e. The van der Waals surface area contributed by atoms with E-state index in [1.165, 1.54) is 4.88 Å². The van der Waals surface area contributed by atoms with Crippen molar-refractivity contribution in [1.29, 1.82) is 0 Å². The van der Waals surface area contributed by atoms with Gasteiger partial charge in [0.15, 0.2) is 0 Å². The van der Waals surface area contributed by atoms with Crippen LogP contribution in [0.1, 0.15) is 38.6 Å². The number of rotatable bonds is 3. The molecule has 2 rings (SSSR count). The lowest BCUT2D eigenvalue weighted by atomic mass is 10.1. The van der Waals surface area contributed by atoms with E-state index in [9.17, 15) is 4.79 Å². The van der Waals surface area contributed by atoms with Gasteiger partial charge in [-0.2, -0.15) is 0 Å². The van der Waals surface area contributed by atoms with E-state index in [0.29, 0.717) is 12.1 Å². The Hall–Kier alpha value is -1.07. The van der Waals surface area contributed by atoms with Crippen LogP contribution in [0.4, 0.5) is 4.79 Å². The fourth-order valence-electron chi connectivity index (χ4n) is 2.03. The molecule has 1 aromatic heterocycles. The molecular weight excluding hydrogens is 260 g/mol. The molecule has 2 heterocycles. The number of ether oxygens (including phenoxy) is 1. The summed E-state index contributed by atoms with van der Waals surface area (Å²) in [6.07, 6.45) is -0.214. The molecule has 0 saturated carbocycles. The molecule has 1 amide bonds. The van der Waals surface area contributed by atoms with Gasteiger partial charge in [-0.05, 0) is 39.1 Å². The fraction of sp³-hybridized carbons (Fsp3) is 0.643. The molecular formula is C14H22N2O2S. The Morgan fingerprint density at radius 2 is 2.21 bits per heavy atom. The standard InChI is InChI=1S/C14H22N2O2S/c1-10(12-6-5-7-19-12)15-11-8-16(9-11)13(17)18-14(2,3)4/h5-7,10-11,15H,8-9H2,1-4H3. The summed E-state index contributed by atoms with van der Waals surface area (Å²) < 4.78 is 5.33. The Kier molecular flexibility index (Phi) is 4.16. The Balaban J connectivity index is 1.73. The van der Waals surface area contributed by atoms with Crippen molar-refractivity contribution < 1.29 is 9.53 Å². The summed E-state index contributed by atoms with van der Waals surface area (Å²) in [5.41, 5.74) is -0.417. The zero-order valence-electron chi connectivity index (χ0n) is 12.0.